The van der Waals surface area contributed by atoms with Gasteiger partial charge in [0.2, 0.25) is 5.91 Å². The van der Waals surface area contributed by atoms with Crippen molar-refractivity contribution in [1.82, 2.24) is 14.8 Å². The van der Waals surface area contributed by atoms with E-state index in [2.05, 4.69) is 9.88 Å². The number of carbonyl (C=O) groups is 1. The second kappa shape index (κ2) is 7.25. The molecule has 2 aliphatic heterocycles. The standard InChI is InChI=1S/C16H25N3O3S/c1-11-13(17-12(2)23-11)8-16(21)19-5-3-4-18(6-7-19)14-9-22-10-15(14)20/h14-15,20H,3-10H2,1-2H3/t14-,15-/m1/s1. The molecule has 3 rings (SSSR count). The van der Waals surface area contributed by atoms with Crippen LogP contribution in [0, 0.1) is 13.8 Å². The Morgan fingerprint density at radius 2 is 2.13 bits per heavy atom. The second-order valence-electron chi connectivity index (χ2n) is 6.36. The van der Waals surface area contributed by atoms with E-state index in [0.29, 0.717) is 26.2 Å². The molecule has 0 bridgehead atoms. The lowest BCUT2D eigenvalue weighted by atomic mass is 10.2. The molecule has 128 valence electrons. The fourth-order valence-corrected chi connectivity index (χ4v) is 4.22. The fraction of sp³-hybridized carbons (Fsp3) is 0.750. The number of amides is 1. The number of ether oxygens (including phenoxy) is 1. The van der Waals surface area contributed by atoms with E-state index in [1.807, 2.05) is 18.7 Å². The highest BCUT2D eigenvalue weighted by atomic mass is 32.1. The Kier molecular flexibility index (Phi) is 5.31. The van der Waals surface area contributed by atoms with E-state index in [1.54, 1.807) is 11.3 Å². The first-order valence-corrected chi connectivity index (χ1v) is 9.07. The molecule has 0 spiro atoms. The lowest BCUT2D eigenvalue weighted by Crippen LogP contribution is -2.45. The number of hydrogen-bond donors (Lipinski definition) is 1. The van der Waals surface area contributed by atoms with Gasteiger partial charge in [0.1, 0.15) is 0 Å². The van der Waals surface area contributed by atoms with Crippen LogP contribution in [0.15, 0.2) is 0 Å². The van der Waals surface area contributed by atoms with E-state index in [4.69, 9.17) is 4.74 Å². The highest BCUT2D eigenvalue weighted by Crippen LogP contribution is 2.19. The maximum atomic E-state index is 12.6. The van der Waals surface area contributed by atoms with Crippen molar-refractivity contribution in [2.24, 2.45) is 0 Å². The summed E-state index contributed by atoms with van der Waals surface area (Å²) < 4.78 is 5.35. The summed E-state index contributed by atoms with van der Waals surface area (Å²) in [5, 5.41) is 11.0. The number of nitrogens with zero attached hydrogens (tertiary/aromatic N) is 3. The van der Waals surface area contributed by atoms with Crippen LogP contribution < -0.4 is 0 Å². The van der Waals surface area contributed by atoms with Crippen molar-refractivity contribution < 1.29 is 14.6 Å². The fourth-order valence-electron chi connectivity index (χ4n) is 3.39. The van der Waals surface area contributed by atoms with Crippen LogP contribution in [-0.2, 0) is 16.0 Å². The highest BCUT2D eigenvalue weighted by molar-refractivity contribution is 7.11. The molecule has 1 amide bonds. The average Bonchev–Trinajstić information content (AvgIpc) is 2.96. The molecule has 1 aromatic rings. The van der Waals surface area contributed by atoms with Crippen LogP contribution in [0.3, 0.4) is 0 Å². The van der Waals surface area contributed by atoms with E-state index in [-0.39, 0.29) is 11.9 Å². The van der Waals surface area contributed by atoms with Crippen LogP contribution in [0.5, 0.6) is 0 Å². The van der Waals surface area contributed by atoms with E-state index in [0.717, 1.165) is 41.6 Å². The zero-order valence-corrected chi connectivity index (χ0v) is 14.6. The molecule has 2 atom stereocenters. The summed E-state index contributed by atoms with van der Waals surface area (Å²) in [6.07, 6.45) is 0.924. The maximum absolute atomic E-state index is 12.6. The minimum absolute atomic E-state index is 0.0773. The van der Waals surface area contributed by atoms with E-state index in [1.165, 1.54) is 0 Å². The summed E-state index contributed by atoms with van der Waals surface area (Å²) in [5.41, 5.74) is 0.915. The molecule has 1 aromatic heterocycles. The van der Waals surface area contributed by atoms with Crippen molar-refractivity contribution in [2.45, 2.75) is 38.8 Å². The van der Waals surface area contributed by atoms with Gasteiger partial charge in [-0.1, -0.05) is 0 Å². The van der Waals surface area contributed by atoms with Gasteiger partial charge >= 0.3 is 0 Å². The van der Waals surface area contributed by atoms with Crippen molar-refractivity contribution in [3.05, 3.63) is 15.6 Å². The average molecular weight is 339 g/mol. The van der Waals surface area contributed by atoms with Gasteiger partial charge in [0.15, 0.2) is 0 Å². The Hall–Kier alpha value is -1.02. The Bertz CT molecular complexity index is 563. The van der Waals surface area contributed by atoms with Crippen LogP contribution in [0.2, 0.25) is 0 Å². The minimum Gasteiger partial charge on any atom is -0.389 e. The Balaban J connectivity index is 1.57. The van der Waals surface area contributed by atoms with Crippen molar-refractivity contribution in [2.75, 3.05) is 39.4 Å². The van der Waals surface area contributed by atoms with Crippen LogP contribution in [0.25, 0.3) is 0 Å². The molecule has 0 aliphatic carbocycles. The summed E-state index contributed by atoms with van der Waals surface area (Å²) in [7, 11) is 0. The molecule has 0 unspecified atom stereocenters. The molecule has 3 heterocycles. The van der Waals surface area contributed by atoms with E-state index < -0.39 is 6.10 Å². The largest absolute Gasteiger partial charge is 0.389 e. The number of aryl methyl sites for hydroxylation is 2. The topological polar surface area (TPSA) is 65.9 Å². The quantitative estimate of drug-likeness (QED) is 0.873. The summed E-state index contributed by atoms with van der Waals surface area (Å²) in [6.45, 7) is 8.21. The molecule has 2 saturated heterocycles. The van der Waals surface area contributed by atoms with Crippen LogP contribution in [-0.4, -0.2) is 77.3 Å². The number of thiazole rings is 1. The number of aliphatic hydroxyl groups excluding tert-OH is 1. The zero-order valence-electron chi connectivity index (χ0n) is 13.8. The first-order valence-electron chi connectivity index (χ1n) is 8.25. The molecule has 0 saturated carbocycles. The first kappa shape index (κ1) is 16.8. The molecule has 2 fully saturated rings. The van der Waals surface area contributed by atoms with Gasteiger partial charge in [0.05, 0.1) is 42.5 Å². The molecular weight excluding hydrogens is 314 g/mol. The van der Waals surface area contributed by atoms with Gasteiger partial charge in [0, 0.05) is 31.1 Å². The summed E-state index contributed by atoms with van der Waals surface area (Å²) in [5.74, 6) is 0.156. The van der Waals surface area contributed by atoms with Gasteiger partial charge in [0.25, 0.3) is 0 Å². The summed E-state index contributed by atoms with van der Waals surface area (Å²) in [4.78, 5) is 22.4. The van der Waals surface area contributed by atoms with Gasteiger partial charge in [-0.3, -0.25) is 9.69 Å². The van der Waals surface area contributed by atoms with Gasteiger partial charge in [-0.25, -0.2) is 4.98 Å². The predicted octanol–water partition coefficient (Wildman–Crippen LogP) is 0.596. The van der Waals surface area contributed by atoms with Gasteiger partial charge in [-0.15, -0.1) is 11.3 Å². The van der Waals surface area contributed by atoms with Crippen molar-refractivity contribution in [3.8, 4) is 0 Å². The van der Waals surface area contributed by atoms with Crippen LogP contribution in [0.4, 0.5) is 0 Å². The third kappa shape index (κ3) is 3.91. The predicted molar refractivity (Wildman–Crippen MR) is 88.7 cm³/mol. The molecular formula is C16H25N3O3S. The van der Waals surface area contributed by atoms with Crippen molar-refractivity contribution in [3.63, 3.8) is 0 Å². The normalized spacial score (nSPS) is 26.5. The number of rotatable bonds is 3. The minimum atomic E-state index is -0.405. The van der Waals surface area contributed by atoms with E-state index in [9.17, 15) is 9.90 Å². The van der Waals surface area contributed by atoms with Gasteiger partial charge < -0.3 is 14.7 Å². The Labute approximate surface area is 141 Å². The maximum Gasteiger partial charge on any atom is 0.228 e. The van der Waals surface area contributed by atoms with Gasteiger partial charge in [-0.2, -0.15) is 0 Å². The van der Waals surface area contributed by atoms with Crippen molar-refractivity contribution in [1.29, 1.82) is 0 Å². The number of aromatic nitrogens is 1. The van der Waals surface area contributed by atoms with E-state index >= 15 is 0 Å². The molecule has 23 heavy (non-hydrogen) atoms. The molecule has 0 radical (unpaired) electrons. The smallest absolute Gasteiger partial charge is 0.228 e. The summed E-state index contributed by atoms with van der Waals surface area (Å²) in [6, 6.07) is 0.0773. The third-order valence-electron chi connectivity index (χ3n) is 4.69. The zero-order chi connectivity index (χ0) is 16.4. The highest BCUT2D eigenvalue weighted by Gasteiger charge is 2.33. The second-order valence-corrected chi connectivity index (χ2v) is 7.76. The molecule has 0 aromatic carbocycles. The SMILES string of the molecule is Cc1nc(CC(=O)N2CCCN([C@@H]3COC[C@H]3O)CC2)c(C)s1. The third-order valence-corrected chi connectivity index (χ3v) is 5.62. The number of aliphatic hydroxyl groups is 1. The molecule has 6 nitrogen and oxygen atoms in total. The first-order chi connectivity index (χ1) is 11.0. The Morgan fingerprint density at radius 3 is 2.78 bits per heavy atom. The monoisotopic (exact) mass is 339 g/mol. The lowest BCUT2D eigenvalue weighted by molar-refractivity contribution is -0.130. The lowest BCUT2D eigenvalue weighted by Gasteiger charge is -2.28. The number of hydrogen-bond acceptors (Lipinski definition) is 6. The number of carbonyl (C=O) groups excluding carboxylic acids is 1. The Morgan fingerprint density at radius 1 is 1.30 bits per heavy atom. The van der Waals surface area contributed by atoms with Crippen molar-refractivity contribution >= 4 is 17.2 Å². The van der Waals surface area contributed by atoms with Crippen LogP contribution in [0.1, 0.15) is 22.0 Å². The summed E-state index contributed by atoms with van der Waals surface area (Å²) >= 11 is 1.65. The van der Waals surface area contributed by atoms with Gasteiger partial charge in [-0.05, 0) is 20.3 Å². The molecule has 7 heteroatoms. The molecule has 2 aliphatic rings. The molecule has 1 N–H and O–H groups in total. The van der Waals surface area contributed by atoms with Crippen LogP contribution >= 0.6 is 11.3 Å².